The van der Waals surface area contributed by atoms with E-state index in [1.165, 1.54) is 18.4 Å². The molecule has 94 valence electrons. The van der Waals surface area contributed by atoms with Crippen molar-refractivity contribution in [3.05, 3.63) is 23.9 Å². The predicted molar refractivity (Wildman–Crippen MR) is 72.2 cm³/mol. The van der Waals surface area contributed by atoms with Gasteiger partial charge < -0.3 is 10.2 Å². The third-order valence-electron chi connectivity index (χ3n) is 3.55. The molecule has 0 aliphatic carbocycles. The molecule has 1 N–H and O–H groups in total. The smallest absolute Gasteiger partial charge is 0.128 e. The summed E-state index contributed by atoms with van der Waals surface area (Å²) in [5.41, 5.74) is 1.25. The first-order valence-corrected chi connectivity index (χ1v) is 6.58. The fraction of sp³-hybridized carbons (Fsp3) is 0.643. The van der Waals surface area contributed by atoms with Crippen molar-refractivity contribution < 1.29 is 0 Å². The Balaban J connectivity index is 2.11. The van der Waals surface area contributed by atoms with Crippen LogP contribution in [-0.4, -0.2) is 24.6 Å². The van der Waals surface area contributed by atoms with E-state index >= 15 is 0 Å². The molecule has 0 amide bonds. The number of aromatic nitrogens is 1. The summed E-state index contributed by atoms with van der Waals surface area (Å²) in [5, 5.41) is 3.15. The van der Waals surface area contributed by atoms with Gasteiger partial charge in [-0.25, -0.2) is 4.98 Å². The molecule has 0 aromatic carbocycles. The second-order valence-corrected chi connectivity index (χ2v) is 5.20. The summed E-state index contributed by atoms with van der Waals surface area (Å²) in [6.45, 7) is 6.65. The first-order valence-electron chi connectivity index (χ1n) is 6.58. The van der Waals surface area contributed by atoms with E-state index in [0.717, 1.165) is 18.9 Å². The molecule has 1 unspecified atom stereocenters. The highest BCUT2D eigenvalue weighted by atomic mass is 15.2. The van der Waals surface area contributed by atoms with Gasteiger partial charge in [0.25, 0.3) is 0 Å². The molecule has 1 fully saturated rings. The third kappa shape index (κ3) is 2.78. The molecular weight excluding hydrogens is 210 g/mol. The minimum Gasteiger partial charge on any atom is -0.353 e. The standard InChI is InChI=1S/C14H23N3/c1-11(2)13-5-4-8-17(13)14-7-6-12(9-15-3)10-16-14/h6-7,10-11,13,15H,4-5,8-9H2,1-3H3. The molecule has 3 nitrogen and oxygen atoms in total. The van der Waals surface area contributed by atoms with Crippen LogP contribution >= 0.6 is 0 Å². The van der Waals surface area contributed by atoms with Gasteiger partial charge in [0.15, 0.2) is 0 Å². The van der Waals surface area contributed by atoms with Crippen LogP contribution in [0.1, 0.15) is 32.3 Å². The van der Waals surface area contributed by atoms with Crippen LogP contribution < -0.4 is 10.2 Å². The van der Waals surface area contributed by atoms with E-state index in [1.54, 1.807) is 0 Å². The topological polar surface area (TPSA) is 28.2 Å². The molecule has 2 heterocycles. The molecule has 0 spiro atoms. The summed E-state index contributed by atoms with van der Waals surface area (Å²) in [6, 6.07) is 5.00. The van der Waals surface area contributed by atoms with Crippen LogP contribution in [0, 0.1) is 5.92 Å². The SMILES string of the molecule is CNCc1ccc(N2CCCC2C(C)C)nc1. The quantitative estimate of drug-likeness (QED) is 0.865. The summed E-state index contributed by atoms with van der Waals surface area (Å²) in [7, 11) is 1.96. The highest BCUT2D eigenvalue weighted by Crippen LogP contribution is 2.28. The molecule has 0 saturated carbocycles. The van der Waals surface area contributed by atoms with Crippen LogP contribution in [0.3, 0.4) is 0 Å². The molecule has 1 aliphatic rings. The Morgan fingerprint density at radius 3 is 2.88 bits per heavy atom. The number of hydrogen-bond donors (Lipinski definition) is 1. The molecule has 3 heteroatoms. The molecule has 2 rings (SSSR count). The number of nitrogens with zero attached hydrogens (tertiary/aromatic N) is 2. The lowest BCUT2D eigenvalue weighted by molar-refractivity contribution is 0.489. The van der Waals surface area contributed by atoms with Gasteiger partial charge in [0, 0.05) is 25.3 Å². The van der Waals surface area contributed by atoms with Gasteiger partial charge >= 0.3 is 0 Å². The predicted octanol–water partition coefficient (Wildman–Crippen LogP) is 2.43. The van der Waals surface area contributed by atoms with Gasteiger partial charge in [-0.3, -0.25) is 0 Å². The van der Waals surface area contributed by atoms with Crippen molar-refractivity contribution in [2.45, 2.75) is 39.3 Å². The molecule has 17 heavy (non-hydrogen) atoms. The molecule has 1 saturated heterocycles. The van der Waals surface area contributed by atoms with Crippen LogP contribution in [0.4, 0.5) is 5.82 Å². The fourth-order valence-corrected chi connectivity index (χ4v) is 2.67. The van der Waals surface area contributed by atoms with E-state index in [-0.39, 0.29) is 0 Å². The Morgan fingerprint density at radius 2 is 2.29 bits per heavy atom. The summed E-state index contributed by atoms with van der Waals surface area (Å²) in [5.74, 6) is 1.84. The van der Waals surface area contributed by atoms with Crippen molar-refractivity contribution in [1.29, 1.82) is 0 Å². The maximum absolute atomic E-state index is 4.60. The molecule has 1 aromatic heterocycles. The summed E-state index contributed by atoms with van der Waals surface area (Å²) in [6.07, 6.45) is 4.59. The van der Waals surface area contributed by atoms with Crippen LogP contribution in [0.2, 0.25) is 0 Å². The van der Waals surface area contributed by atoms with Crippen molar-refractivity contribution in [3.8, 4) is 0 Å². The monoisotopic (exact) mass is 233 g/mol. The van der Waals surface area contributed by atoms with Gasteiger partial charge in [-0.05, 0) is 37.4 Å². The Kier molecular flexibility index (Phi) is 4.00. The molecule has 0 radical (unpaired) electrons. The van der Waals surface area contributed by atoms with Crippen LogP contribution in [-0.2, 0) is 6.54 Å². The van der Waals surface area contributed by atoms with Gasteiger partial charge in [0.1, 0.15) is 5.82 Å². The zero-order chi connectivity index (χ0) is 12.3. The minimum absolute atomic E-state index is 0.664. The van der Waals surface area contributed by atoms with Crippen molar-refractivity contribution in [2.24, 2.45) is 5.92 Å². The molecule has 1 aromatic rings. The van der Waals surface area contributed by atoms with Crippen LogP contribution in [0.5, 0.6) is 0 Å². The maximum Gasteiger partial charge on any atom is 0.128 e. The first-order chi connectivity index (χ1) is 8.22. The third-order valence-corrected chi connectivity index (χ3v) is 3.55. The number of pyridine rings is 1. The van der Waals surface area contributed by atoms with Gasteiger partial charge in [0.05, 0.1) is 0 Å². The average molecular weight is 233 g/mol. The number of hydrogen-bond acceptors (Lipinski definition) is 3. The van der Waals surface area contributed by atoms with E-state index < -0.39 is 0 Å². The molecule has 1 atom stereocenters. The van der Waals surface area contributed by atoms with E-state index in [0.29, 0.717) is 12.0 Å². The van der Waals surface area contributed by atoms with Crippen molar-refractivity contribution in [2.75, 3.05) is 18.5 Å². The van der Waals surface area contributed by atoms with Gasteiger partial charge in [0.2, 0.25) is 0 Å². The summed E-state index contributed by atoms with van der Waals surface area (Å²) < 4.78 is 0. The number of nitrogens with one attached hydrogen (secondary N) is 1. The zero-order valence-electron chi connectivity index (χ0n) is 11.1. The van der Waals surface area contributed by atoms with Crippen LogP contribution in [0.25, 0.3) is 0 Å². The van der Waals surface area contributed by atoms with Crippen molar-refractivity contribution in [1.82, 2.24) is 10.3 Å². The van der Waals surface area contributed by atoms with Gasteiger partial charge in [-0.1, -0.05) is 19.9 Å². The Bertz CT molecular complexity index is 345. The highest BCUT2D eigenvalue weighted by molar-refractivity contribution is 5.42. The van der Waals surface area contributed by atoms with Gasteiger partial charge in [-0.15, -0.1) is 0 Å². The number of rotatable bonds is 4. The fourth-order valence-electron chi connectivity index (χ4n) is 2.67. The van der Waals surface area contributed by atoms with E-state index in [4.69, 9.17) is 0 Å². The lowest BCUT2D eigenvalue weighted by Crippen LogP contribution is -2.33. The Hall–Kier alpha value is -1.09. The second-order valence-electron chi connectivity index (χ2n) is 5.20. The lowest BCUT2D eigenvalue weighted by Gasteiger charge is -2.28. The normalized spacial score (nSPS) is 20.2. The summed E-state index contributed by atoms with van der Waals surface area (Å²) in [4.78, 5) is 7.06. The second kappa shape index (κ2) is 5.50. The number of anilines is 1. The van der Waals surface area contributed by atoms with Gasteiger partial charge in [-0.2, -0.15) is 0 Å². The Labute approximate surface area is 104 Å². The summed E-state index contributed by atoms with van der Waals surface area (Å²) >= 11 is 0. The van der Waals surface area contributed by atoms with Crippen LogP contribution in [0.15, 0.2) is 18.3 Å². The van der Waals surface area contributed by atoms with Crippen molar-refractivity contribution >= 4 is 5.82 Å². The zero-order valence-corrected chi connectivity index (χ0v) is 11.1. The molecule has 1 aliphatic heterocycles. The minimum atomic E-state index is 0.664. The maximum atomic E-state index is 4.60. The lowest BCUT2D eigenvalue weighted by atomic mass is 10.0. The molecule has 0 bridgehead atoms. The first kappa shape index (κ1) is 12.4. The van der Waals surface area contributed by atoms with E-state index in [9.17, 15) is 0 Å². The van der Waals surface area contributed by atoms with E-state index in [2.05, 4.69) is 41.2 Å². The average Bonchev–Trinajstić information content (AvgIpc) is 2.79. The largest absolute Gasteiger partial charge is 0.353 e. The Morgan fingerprint density at radius 1 is 1.47 bits per heavy atom. The highest BCUT2D eigenvalue weighted by Gasteiger charge is 2.27. The van der Waals surface area contributed by atoms with Crippen molar-refractivity contribution in [3.63, 3.8) is 0 Å². The van der Waals surface area contributed by atoms with E-state index in [1.807, 2.05) is 13.2 Å². The molecular formula is C14H23N3.